The summed E-state index contributed by atoms with van der Waals surface area (Å²) in [5.74, 6) is 2.83. The fourth-order valence-electron chi connectivity index (χ4n) is 4.41. The first-order valence-electron chi connectivity index (χ1n) is 11.4. The number of likely N-dealkylation sites (tertiary alicyclic amines) is 1. The Bertz CT molecular complexity index is 633. The number of hydrogen-bond donors (Lipinski definition) is 2. The van der Waals surface area contributed by atoms with Crippen molar-refractivity contribution in [1.82, 2.24) is 15.5 Å². The van der Waals surface area contributed by atoms with Crippen LogP contribution in [0.15, 0.2) is 29.3 Å². The van der Waals surface area contributed by atoms with Crippen LogP contribution in [0, 0.1) is 11.8 Å². The number of guanidine groups is 1. The lowest BCUT2D eigenvalue weighted by atomic mass is 9.85. The standard InChI is InChI=1S/C24H42N4O2/c1-7-30-22(18(2)3)14-15-26-24(25-4)27-17-20-9-8-16-28(5)23(20)19-10-12-21(29-6)13-11-19/h10-13,18,20,22-23H,7-9,14-17H2,1-6H3,(H2,25,26,27). The zero-order valence-corrected chi connectivity index (χ0v) is 19.8. The van der Waals surface area contributed by atoms with Crippen LogP contribution in [0.2, 0.25) is 0 Å². The molecule has 3 atom stereocenters. The molecule has 1 aromatic rings. The quantitative estimate of drug-likeness (QED) is 0.448. The Hall–Kier alpha value is -1.79. The van der Waals surface area contributed by atoms with Crippen molar-refractivity contribution in [3.63, 3.8) is 0 Å². The molecule has 0 saturated carbocycles. The highest BCUT2D eigenvalue weighted by Gasteiger charge is 2.30. The average Bonchev–Trinajstić information content (AvgIpc) is 2.75. The van der Waals surface area contributed by atoms with Gasteiger partial charge in [-0.1, -0.05) is 26.0 Å². The molecule has 1 aromatic carbocycles. The Morgan fingerprint density at radius 1 is 1.23 bits per heavy atom. The average molecular weight is 419 g/mol. The number of methoxy groups -OCH3 is 1. The first-order chi connectivity index (χ1) is 14.5. The Morgan fingerprint density at radius 2 is 1.97 bits per heavy atom. The van der Waals surface area contributed by atoms with Gasteiger partial charge in [0.25, 0.3) is 0 Å². The van der Waals surface area contributed by atoms with Gasteiger partial charge >= 0.3 is 0 Å². The van der Waals surface area contributed by atoms with Gasteiger partial charge in [0.1, 0.15) is 5.75 Å². The zero-order chi connectivity index (χ0) is 21.9. The molecule has 1 heterocycles. The van der Waals surface area contributed by atoms with Crippen molar-refractivity contribution in [1.29, 1.82) is 0 Å². The first-order valence-corrected chi connectivity index (χ1v) is 11.4. The summed E-state index contributed by atoms with van der Waals surface area (Å²) in [4.78, 5) is 6.90. The molecule has 1 aliphatic heterocycles. The van der Waals surface area contributed by atoms with Gasteiger partial charge < -0.3 is 20.1 Å². The summed E-state index contributed by atoms with van der Waals surface area (Å²) in [6, 6.07) is 8.92. The van der Waals surface area contributed by atoms with E-state index in [1.807, 2.05) is 7.05 Å². The maximum absolute atomic E-state index is 5.85. The number of aliphatic imine (C=N–C) groups is 1. The van der Waals surface area contributed by atoms with Crippen LogP contribution in [-0.2, 0) is 4.74 Å². The summed E-state index contributed by atoms with van der Waals surface area (Å²) in [5, 5.41) is 7.03. The van der Waals surface area contributed by atoms with E-state index >= 15 is 0 Å². The minimum absolute atomic E-state index is 0.284. The van der Waals surface area contributed by atoms with Crippen molar-refractivity contribution in [3.05, 3.63) is 29.8 Å². The molecule has 0 aliphatic carbocycles. The maximum Gasteiger partial charge on any atom is 0.190 e. The predicted octanol–water partition coefficient (Wildman–Crippen LogP) is 3.69. The summed E-state index contributed by atoms with van der Waals surface area (Å²) in [6.45, 7) is 10.1. The smallest absolute Gasteiger partial charge is 0.190 e. The van der Waals surface area contributed by atoms with Crippen molar-refractivity contribution in [2.45, 2.75) is 52.2 Å². The molecule has 0 amide bonds. The van der Waals surface area contributed by atoms with E-state index in [1.54, 1.807) is 7.11 Å². The molecule has 6 heteroatoms. The first kappa shape index (κ1) is 24.5. The second kappa shape index (κ2) is 12.8. The molecule has 6 nitrogen and oxygen atoms in total. The molecule has 170 valence electrons. The Balaban J connectivity index is 1.91. The lowest BCUT2D eigenvalue weighted by Crippen LogP contribution is -2.45. The van der Waals surface area contributed by atoms with E-state index in [2.05, 4.69) is 72.6 Å². The monoisotopic (exact) mass is 418 g/mol. The SMILES string of the molecule is CCOC(CCNC(=NC)NCC1CCCN(C)C1c1ccc(OC)cc1)C(C)C. The predicted molar refractivity (Wildman–Crippen MR) is 125 cm³/mol. The van der Waals surface area contributed by atoms with E-state index in [4.69, 9.17) is 9.47 Å². The third-order valence-corrected chi connectivity index (χ3v) is 6.07. The Labute approximate surface area is 183 Å². The number of ether oxygens (including phenoxy) is 2. The van der Waals surface area contributed by atoms with Crippen LogP contribution in [0.1, 0.15) is 51.6 Å². The molecule has 3 unspecified atom stereocenters. The lowest BCUT2D eigenvalue weighted by Gasteiger charge is -2.40. The molecule has 1 fully saturated rings. The van der Waals surface area contributed by atoms with Crippen molar-refractivity contribution >= 4 is 5.96 Å². The Morgan fingerprint density at radius 3 is 2.57 bits per heavy atom. The van der Waals surface area contributed by atoms with Crippen LogP contribution in [0.3, 0.4) is 0 Å². The van der Waals surface area contributed by atoms with Crippen LogP contribution in [0.4, 0.5) is 0 Å². The van der Waals surface area contributed by atoms with Crippen LogP contribution in [-0.4, -0.2) is 64.4 Å². The van der Waals surface area contributed by atoms with E-state index in [0.29, 0.717) is 17.9 Å². The number of hydrogen-bond acceptors (Lipinski definition) is 4. The molecule has 0 bridgehead atoms. The van der Waals surface area contributed by atoms with Crippen molar-refractivity contribution in [2.75, 3.05) is 47.4 Å². The van der Waals surface area contributed by atoms with Gasteiger partial charge in [0.05, 0.1) is 13.2 Å². The Kier molecular flexibility index (Phi) is 10.4. The zero-order valence-electron chi connectivity index (χ0n) is 19.8. The van der Waals surface area contributed by atoms with Crippen LogP contribution in [0.5, 0.6) is 5.75 Å². The van der Waals surface area contributed by atoms with E-state index in [1.165, 1.54) is 18.4 Å². The van der Waals surface area contributed by atoms with Gasteiger partial charge in [0, 0.05) is 32.8 Å². The van der Waals surface area contributed by atoms with E-state index in [0.717, 1.165) is 44.4 Å². The minimum Gasteiger partial charge on any atom is -0.497 e. The highest BCUT2D eigenvalue weighted by atomic mass is 16.5. The van der Waals surface area contributed by atoms with Gasteiger partial charge in [-0.3, -0.25) is 9.89 Å². The molecule has 1 saturated heterocycles. The second-order valence-electron chi connectivity index (χ2n) is 8.51. The molecule has 1 aliphatic rings. The number of piperidine rings is 1. The van der Waals surface area contributed by atoms with Crippen LogP contribution in [0.25, 0.3) is 0 Å². The number of rotatable bonds is 10. The van der Waals surface area contributed by atoms with Gasteiger partial charge in [-0.2, -0.15) is 0 Å². The summed E-state index contributed by atoms with van der Waals surface area (Å²) < 4.78 is 11.2. The summed E-state index contributed by atoms with van der Waals surface area (Å²) in [5.41, 5.74) is 1.35. The molecule has 2 N–H and O–H groups in total. The van der Waals surface area contributed by atoms with Crippen molar-refractivity contribution in [3.8, 4) is 5.75 Å². The molecular weight excluding hydrogens is 376 g/mol. The fourth-order valence-corrected chi connectivity index (χ4v) is 4.41. The van der Waals surface area contributed by atoms with Gasteiger partial charge in [0.15, 0.2) is 5.96 Å². The van der Waals surface area contributed by atoms with Gasteiger partial charge in [-0.25, -0.2) is 0 Å². The number of nitrogens with one attached hydrogen (secondary N) is 2. The summed E-state index contributed by atoms with van der Waals surface area (Å²) in [6.07, 6.45) is 3.70. The van der Waals surface area contributed by atoms with Gasteiger partial charge in [-0.15, -0.1) is 0 Å². The summed E-state index contributed by atoms with van der Waals surface area (Å²) >= 11 is 0. The third-order valence-electron chi connectivity index (χ3n) is 6.07. The minimum atomic E-state index is 0.284. The van der Waals surface area contributed by atoms with E-state index in [-0.39, 0.29) is 6.10 Å². The largest absolute Gasteiger partial charge is 0.497 e. The second-order valence-corrected chi connectivity index (χ2v) is 8.51. The van der Waals surface area contributed by atoms with Gasteiger partial charge in [-0.05, 0) is 69.3 Å². The van der Waals surface area contributed by atoms with Crippen LogP contribution >= 0.6 is 0 Å². The maximum atomic E-state index is 5.85. The molecule has 0 radical (unpaired) electrons. The number of benzene rings is 1. The molecule has 0 spiro atoms. The fraction of sp³-hybridized carbons (Fsp3) is 0.708. The lowest BCUT2D eigenvalue weighted by molar-refractivity contribution is 0.0258. The summed E-state index contributed by atoms with van der Waals surface area (Å²) in [7, 11) is 5.78. The van der Waals surface area contributed by atoms with Crippen LogP contribution < -0.4 is 15.4 Å². The molecule has 0 aromatic heterocycles. The van der Waals surface area contributed by atoms with E-state index < -0.39 is 0 Å². The molecule has 2 rings (SSSR count). The van der Waals surface area contributed by atoms with Gasteiger partial charge in [0.2, 0.25) is 0 Å². The molecular formula is C24H42N4O2. The highest BCUT2D eigenvalue weighted by molar-refractivity contribution is 5.79. The van der Waals surface area contributed by atoms with Crippen molar-refractivity contribution in [2.24, 2.45) is 16.8 Å². The highest BCUT2D eigenvalue weighted by Crippen LogP contribution is 2.35. The topological polar surface area (TPSA) is 58.1 Å². The van der Waals surface area contributed by atoms with Crippen molar-refractivity contribution < 1.29 is 9.47 Å². The third kappa shape index (κ3) is 7.17. The molecule has 30 heavy (non-hydrogen) atoms. The number of nitrogens with zero attached hydrogens (tertiary/aromatic N) is 2. The normalized spacial score (nSPS) is 21.5. The van der Waals surface area contributed by atoms with E-state index in [9.17, 15) is 0 Å².